The lowest BCUT2D eigenvalue weighted by molar-refractivity contribution is 0.682. The van der Waals surface area contributed by atoms with Crippen LogP contribution in [-0.2, 0) is 16.6 Å². The van der Waals surface area contributed by atoms with Crippen LogP contribution in [0.3, 0.4) is 0 Å². The number of pyridine rings is 1. The molecule has 3 aromatic rings. The average Bonchev–Trinajstić information content (AvgIpc) is 2.62. The van der Waals surface area contributed by atoms with Gasteiger partial charge in [-0.2, -0.15) is 0 Å². The monoisotopic (exact) mass is 372 g/mol. The molecule has 0 spiro atoms. The van der Waals surface area contributed by atoms with E-state index in [4.69, 9.17) is 11.6 Å². The third-order valence-electron chi connectivity index (χ3n) is 3.47. The van der Waals surface area contributed by atoms with Gasteiger partial charge in [-0.1, -0.05) is 17.7 Å². The number of anilines is 1. The number of aromatic nitrogens is 3. The van der Waals surface area contributed by atoms with Gasteiger partial charge in [0.15, 0.2) is 5.82 Å². The summed E-state index contributed by atoms with van der Waals surface area (Å²) in [7, 11) is 2.60. The van der Waals surface area contributed by atoms with Gasteiger partial charge in [-0.3, -0.25) is 9.19 Å². The van der Waals surface area contributed by atoms with Gasteiger partial charge in [-0.05, 0) is 36.4 Å². The fourth-order valence-corrected chi connectivity index (χ4v) is 3.35. The lowest BCUT2D eigenvalue weighted by Crippen LogP contribution is -2.13. The Labute approximate surface area is 154 Å². The fraction of sp³-hybridized carbons (Fsp3) is 0.167. The molecule has 1 atom stereocenters. The maximum absolute atomic E-state index is 12.6. The summed E-state index contributed by atoms with van der Waals surface area (Å²) in [4.78, 5) is 16.0. The lowest BCUT2D eigenvalue weighted by atomic mass is 10.3. The molecule has 5 nitrogen and oxygen atoms in total. The Morgan fingerprint density at radius 1 is 1.08 bits per heavy atom. The maximum Gasteiger partial charge on any atom is 0.180 e. The van der Waals surface area contributed by atoms with E-state index in [1.807, 2.05) is 43.3 Å². The van der Waals surface area contributed by atoms with E-state index in [0.717, 1.165) is 5.82 Å². The topological polar surface area (TPSA) is 59.0 Å². The minimum Gasteiger partial charge on any atom is -0.363 e. The first-order chi connectivity index (χ1) is 12.0. The van der Waals surface area contributed by atoms with E-state index < -0.39 is 10.8 Å². The minimum absolute atomic E-state index is 0.296. The molecule has 3 rings (SSSR count). The highest BCUT2D eigenvalue weighted by molar-refractivity contribution is 7.84. The SMILES string of the molecule is CN(C)c1cc(C[S@](=O)c2ccc(Cl)cc2)nc(-c2ccccn2)n1. The molecule has 1 aromatic carbocycles. The molecule has 0 aliphatic rings. The van der Waals surface area contributed by atoms with Crippen LogP contribution in [0.25, 0.3) is 11.5 Å². The van der Waals surface area contributed by atoms with Crippen molar-refractivity contribution >= 4 is 28.2 Å². The molecule has 0 unspecified atom stereocenters. The van der Waals surface area contributed by atoms with Crippen LogP contribution in [0.2, 0.25) is 5.02 Å². The summed E-state index contributed by atoms with van der Waals surface area (Å²) in [5.41, 5.74) is 1.39. The summed E-state index contributed by atoms with van der Waals surface area (Å²) < 4.78 is 12.6. The molecule has 0 aliphatic carbocycles. The van der Waals surface area contributed by atoms with Crippen LogP contribution in [0.5, 0.6) is 0 Å². The largest absolute Gasteiger partial charge is 0.363 e. The highest BCUT2D eigenvalue weighted by atomic mass is 35.5. The number of halogens is 1. The van der Waals surface area contributed by atoms with Crippen molar-refractivity contribution in [2.24, 2.45) is 0 Å². The van der Waals surface area contributed by atoms with Crippen molar-refractivity contribution in [2.45, 2.75) is 10.6 Å². The van der Waals surface area contributed by atoms with Gasteiger partial charge in [0.05, 0.1) is 22.2 Å². The highest BCUT2D eigenvalue weighted by Crippen LogP contribution is 2.20. The van der Waals surface area contributed by atoms with Gasteiger partial charge in [0.25, 0.3) is 0 Å². The van der Waals surface area contributed by atoms with E-state index in [-0.39, 0.29) is 0 Å². The zero-order chi connectivity index (χ0) is 17.8. The van der Waals surface area contributed by atoms with Crippen molar-refractivity contribution in [1.29, 1.82) is 0 Å². The lowest BCUT2D eigenvalue weighted by Gasteiger charge is -2.14. The summed E-state index contributed by atoms with van der Waals surface area (Å²) in [5, 5.41) is 0.620. The minimum atomic E-state index is -1.22. The molecule has 0 radical (unpaired) electrons. The Kier molecular flexibility index (Phi) is 5.40. The summed E-state index contributed by atoms with van der Waals surface area (Å²) in [6.45, 7) is 0. The van der Waals surface area contributed by atoms with E-state index in [1.165, 1.54) is 0 Å². The van der Waals surface area contributed by atoms with Gasteiger partial charge in [0.2, 0.25) is 0 Å². The van der Waals surface area contributed by atoms with Crippen LogP contribution in [0, 0.1) is 0 Å². The molecule has 2 heterocycles. The number of rotatable bonds is 5. The molecule has 0 saturated heterocycles. The first-order valence-electron chi connectivity index (χ1n) is 7.63. The Morgan fingerprint density at radius 3 is 2.48 bits per heavy atom. The summed E-state index contributed by atoms with van der Waals surface area (Å²) in [5.74, 6) is 1.57. The molecule has 7 heteroatoms. The first-order valence-corrected chi connectivity index (χ1v) is 9.33. The fourth-order valence-electron chi connectivity index (χ4n) is 2.20. The number of hydrogen-bond donors (Lipinski definition) is 0. The highest BCUT2D eigenvalue weighted by Gasteiger charge is 2.12. The predicted octanol–water partition coefficient (Wildman–Crippen LogP) is 3.57. The Bertz CT molecular complexity index is 885. The number of hydrogen-bond acceptors (Lipinski definition) is 5. The Hall–Kier alpha value is -2.31. The number of benzene rings is 1. The number of nitrogens with zero attached hydrogens (tertiary/aromatic N) is 4. The molecule has 0 fully saturated rings. The second-order valence-electron chi connectivity index (χ2n) is 5.59. The normalized spacial score (nSPS) is 12.0. The van der Waals surface area contributed by atoms with Crippen LogP contribution in [0.4, 0.5) is 5.82 Å². The van der Waals surface area contributed by atoms with E-state index in [9.17, 15) is 4.21 Å². The summed E-state index contributed by atoms with van der Waals surface area (Å²) >= 11 is 5.89. The Morgan fingerprint density at radius 2 is 1.84 bits per heavy atom. The van der Waals surface area contributed by atoms with E-state index in [2.05, 4.69) is 15.0 Å². The second kappa shape index (κ2) is 7.72. The molecule has 0 N–H and O–H groups in total. The van der Waals surface area contributed by atoms with Crippen LogP contribution in [-0.4, -0.2) is 33.3 Å². The molecule has 128 valence electrons. The maximum atomic E-state index is 12.6. The zero-order valence-electron chi connectivity index (χ0n) is 13.9. The molecule has 2 aromatic heterocycles. The van der Waals surface area contributed by atoms with Crippen molar-refractivity contribution in [3.8, 4) is 11.5 Å². The average molecular weight is 373 g/mol. The van der Waals surface area contributed by atoms with E-state index in [0.29, 0.717) is 32.9 Å². The van der Waals surface area contributed by atoms with Crippen molar-refractivity contribution in [3.05, 3.63) is 65.4 Å². The molecule has 0 bridgehead atoms. The van der Waals surface area contributed by atoms with Gasteiger partial charge >= 0.3 is 0 Å². The van der Waals surface area contributed by atoms with Crippen molar-refractivity contribution in [1.82, 2.24) is 15.0 Å². The van der Waals surface area contributed by atoms with Gasteiger partial charge < -0.3 is 4.90 Å². The third-order valence-corrected chi connectivity index (χ3v) is 5.08. The standard InChI is InChI=1S/C18H17ClN4OS/c1-23(2)17-11-14(12-25(24)15-8-6-13(19)7-9-15)21-18(22-17)16-5-3-4-10-20-16/h3-11H,12H2,1-2H3/t25-/m0/s1. The Balaban J connectivity index is 1.93. The molecular weight excluding hydrogens is 356 g/mol. The van der Waals surface area contributed by atoms with Crippen molar-refractivity contribution < 1.29 is 4.21 Å². The van der Waals surface area contributed by atoms with Crippen LogP contribution >= 0.6 is 11.6 Å². The summed E-state index contributed by atoms with van der Waals surface area (Å²) in [6.07, 6.45) is 1.70. The smallest absolute Gasteiger partial charge is 0.180 e. The second-order valence-corrected chi connectivity index (χ2v) is 7.48. The molecule has 25 heavy (non-hydrogen) atoms. The van der Waals surface area contributed by atoms with Crippen molar-refractivity contribution in [2.75, 3.05) is 19.0 Å². The molecule has 0 aliphatic heterocycles. The van der Waals surface area contributed by atoms with Gasteiger partial charge in [0.1, 0.15) is 11.5 Å². The van der Waals surface area contributed by atoms with Crippen molar-refractivity contribution in [3.63, 3.8) is 0 Å². The quantitative estimate of drug-likeness (QED) is 0.685. The first kappa shape index (κ1) is 17.5. The van der Waals surface area contributed by atoms with Gasteiger partial charge in [0, 0.05) is 36.3 Å². The van der Waals surface area contributed by atoms with Gasteiger partial charge in [-0.15, -0.1) is 0 Å². The van der Waals surface area contributed by atoms with E-state index >= 15 is 0 Å². The van der Waals surface area contributed by atoms with Crippen LogP contribution in [0.15, 0.2) is 59.6 Å². The third kappa shape index (κ3) is 4.41. The summed E-state index contributed by atoms with van der Waals surface area (Å²) in [6, 6.07) is 14.4. The van der Waals surface area contributed by atoms with E-state index in [1.54, 1.807) is 30.5 Å². The zero-order valence-corrected chi connectivity index (χ0v) is 15.5. The molecule has 0 amide bonds. The molecular formula is C18H17ClN4OS. The van der Waals surface area contributed by atoms with Crippen LogP contribution < -0.4 is 4.90 Å². The van der Waals surface area contributed by atoms with Crippen LogP contribution in [0.1, 0.15) is 5.69 Å². The predicted molar refractivity (Wildman–Crippen MR) is 101 cm³/mol. The molecule has 0 saturated carbocycles. The van der Waals surface area contributed by atoms with Gasteiger partial charge in [-0.25, -0.2) is 9.97 Å².